The molecule has 0 aliphatic carbocycles. The molecule has 0 saturated carbocycles. The second-order valence-corrected chi connectivity index (χ2v) is 17.3. The van der Waals surface area contributed by atoms with Gasteiger partial charge in [0, 0.05) is 43.3 Å². The molecule has 1 N–H and O–H groups in total. The van der Waals surface area contributed by atoms with Crippen molar-refractivity contribution in [2.45, 2.75) is 114 Å². The smallest absolute Gasteiger partial charge is 0.264 e. The maximum atomic E-state index is 13.4. The molecule has 0 spiro atoms. The second-order valence-electron chi connectivity index (χ2n) is 12.7. The van der Waals surface area contributed by atoms with Crippen molar-refractivity contribution in [3.05, 3.63) is 59.7 Å². The number of sulfonamides is 1. The number of anilines is 1. The van der Waals surface area contributed by atoms with Gasteiger partial charge in [0.2, 0.25) is 10.0 Å². The number of rotatable bonds is 21. The predicted molar refractivity (Wildman–Crippen MR) is 204 cm³/mol. The predicted octanol–water partition coefficient (Wildman–Crippen LogP) is 9.01. The number of aryl methyl sites for hydroxylation is 1. The summed E-state index contributed by atoms with van der Waals surface area (Å²) in [5.74, 6) is -0.295. The Morgan fingerprint density at radius 1 is 0.854 bits per heavy atom. The highest BCUT2D eigenvalue weighted by Crippen LogP contribution is 2.30. The van der Waals surface area contributed by atoms with E-state index in [4.69, 9.17) is 9.55 Å². The van der Waals surface area contributed by atoms with Crippen LogP contribution in [0.1, 0.15) is 108 Å². The topological polar surface area (TPSA) is 107 Å². The lowest BCUT2D eigenvalue weighted by Crippen LogP contribution is -2.35. The van der Waals surface area contributed by atoms with Crippen molar-refractivity contribution >= 4 is 48.7 Å². The third-order valence-electron chi connectivity index (χ3n) is 8.64. The Labute approximate surface area is 295 Å². The second kappa shape index (κ2) is 21.1. The van der Waals surface area contributed by atoms with Crippen LogP contribution >= 0.6 is 11.8 Å². The molecule has 0 aromatic heterocycles. The Hall–Kier alpha value is -2.18. The first-order chi connectivity index (χ1) is 23.0. The summed E-state index contributed by atoms with van der Waals surface area (Å²) < 4.78 is 59.9. The van der Waals surface area contributed by atoms with Crippen molar-refractivity contribution < 1.29 is 21.4 Å². The summed E-state index contributed by atoms with van der Waals surface area (Å²) in [6.45, 7) is 10.1. The molecule has 268 valence electrons. The summed E-state index contributed by atoms with van der Waals surface area (Å²) in [5, 5.41) is 0.704. The largest absolute Gasteiger partial charge is 0.372 e. The minimum atomic E-state index is -4.01. The third-order valence-corrected chi connectivity index (χ3v) is 12.5. The van der Waals surface area contributed by atoms with Crippen LogP contribution in [0.2, 0.25) is 0 Å². The molecule has 1 saturated heterocycles. The minimum Gasteiger partial charge on any atom is -0.372 e. The van der Waals surface area contributed by atoms with Crippen molar-refractivity contribution in [2.24, 2.45) is 4.99 Å². The molecule has 1 aliphatic rings. The van der Waals surface area contributed by atoms with Gasteiger partial charge in [0.1, 0.15) is 0 Å². The quantitative estimate of drug-likeness (QED) is 0.0451. The third kappa shape index (κ3) is 14.4. The summed E-state index contributed by atoms with van der Waals surface area (Å²) in [7, 11) is -7.59. The molecule has 1 heterocycles. The van der Waals surface area contributed by atoms with E-state index in [9.17, 15) is 16.8 Å². The maximum Gasteiger partial charge on any atom is 0.264 e. The zero-order chi connectivity index (χ0) is 34.8. The minimum absolute atomic E-state index is 0.290. The SMILES string of the molecule is CCCCCCN(CCCCCC)c1ccc(C=CC(=NCCCCS(=O)(=O)O)Sc2cc(S(=O)(=O)N3CCCCC3)ccc2C)cc1. The van der Waals surface area contributed by atoms with Gasteiger partial charge in [-0.25, -0.2) is 8.42 Å². The molecule has 48 heavy (non-hydrogen) atoms. The molecule has 0 bridgehead atoms. The molecular weight excluding hydrogens is 663 g/mol. The average molecular weight is 720 g/mol. The molecule has 11 heteroatoms. The van der Waals surface area contributed by atoms with E-state index >= 15 is 0 Å². The number of aliphatic imine (C=N–C) groups is 1. The van der Waals surface area contributed by atoms with Crippen molar-refractivity contribution in [2.75, 3.05) is 43.4 Å². The lowest BCUT2D eigenvalue weighted by molar-refractivity contribution is 0.346. The van der Waals surface area contributed by atoms with E-state index in [1.165, 1.54) is 68.8 Å². The van der Waals surface area contributed by atoms with Crippen molar-refractivity contribution in [3.63, 3.8) is 0 Å². The zero-order valence-electron chi connectivity index (χ0n) is 29.3. The van der Waals surface area contributed by atoms with Crippen LogP contribution in [0.3, 0.4) is 0 Å². The van der Waals surface area contributed by atoms with Crippen LogP contribution < -0.4 is 4.90 Å². The van der Waals surface area contributed by atoms with Crippen molar-refractivity contribution in [1.29, 1.82) is 0 Å². The average Bonchev–Trinajstić information content (AvgIpc) is 3.07. The molecule has 2 aromatic carbocycles. The number of hydrogen-bond acceptors (Lipinski definition) is 7. The number of piperidine rings is 1. The van der Waals surface area contributed by atoms with E-state index in [0.717, 1.165) is 48.4 Å². The summed E-state index contributed by atoms with van der Waals surface area (Å²) in [5.41, 5.74) is 3.23. The van der Waals surface area contributed by atoms with Gasteiger partial charge in [0.05, 0.1) is 15.7 Å². The number of hydrogen-bond donors (Lipinski definition) is 1. The fraction of sp³-hybridized carbons (Fsp3) is 0.595. The number of thioether (sulfide) groups is 1. The molecule has 1 aliphatic heterocycles. The van der Waals surface area contributed by atoms with Crippen molar-refractivity contribution in [3.8, 4) is 0 Å². The first-order valence-electron chi connectivity index (χ1n) is 17.8. The fourth-order valence-corrected chi connectivity index (χ4v) is 8.83. The molecule has 3 rings (SSSR count). The van der Waals surface area contributed by atoms with E-state index in [1.807, 2.05) is 25.1 Å². The fourth-order valence-electron chi connectivity index (χ4n) is 5.71. The lowest BCUT2D eigenvalue weighted by Gasteiger charge is -2.26. The highest BCUT2D eigenvalue weighted by molar-refractivity contribution is 8.14. The standard InChI is InChI=1S/C37H57N3O5S3/c1-4-6-8-12-26-39(27-13-9-7-5-2)34-21-18-33(19-22-34)20-24-37(38-25-11-16-30-47(41,42)43)46-36-31-35(23-17-32(36)3)48(44,45)40-28-14-10-15-29-40/h17-24,31H,4-16,25-30H2,1-3H3,(H,41,42,43). The van der Waals surface area contributed by atoms with Gasteiger partial charge in [-0.3, -0.25) is 9.55 Å². The molecule has 1 fully saturated rings. The van der Waals surface area contributed by atoms with Crippen LogP contribution in [0.25, 0.3) is 6.08 Å². The van der Waals surface area contributed by atoms with Crippen LogP contribution in [-0.4, -0.2) is 69.2 Å². The van der Waals surface area contributed by atoms with Gasteiger partial charge in [-0.05, 0) is 86.9 Å². The first-order valence-corrected chi connectivity index (χ1v) is 21.7. The van der Waals surface area contributed by atoms with Crippen LogP contribution in [0.5, 0.6) is 0 Å². The van der Waals surface area contributed by atoms with Gasteiger partial charge in [-0.1, -0.05) is 94.8 Å². The van der Waals surface area contributed by atoms with Gasteiger partial charge in [0.15, 0.2) is 0 Å². The Balaban J connectivity index is 1.79. The number of benzene rings is 2. The van der Waals surface area contributed by atoms with Gasteiger partial charge in [-0.15, -0.1) is 0 Å². The van der Waals surface area contributed by atoms with E-state index in [2.05, 4.69) is 43.0 Å². The highest BCUT2D eigenvalue weighted by atomic mass is 32.2. The first kappa shape index (κ1) is 40.3. The maximum absolute atomic E-state index is 13.4. The summed E-state index contributed by atoms with van der Waals surface area (Å²) in [4.78, 5) is 8.39. The normalized spacial score (nSPS) is 15.0. The molecule has 8 nitrogen and oxygen atoms in total. The Bertz CT molecular complexity index is 1510. The van der Waals surface area contributed by atoms with Crippen molar-refractivity contribution in [1.82, 2.24) is 4.31 Å². The Morgan fingerprint density at radius 2 is 1.50 bits per heavy atom. The number of unbranched alkanes of at least 4 members (excludes halogenated alkanes) is 7. The van der Waals surface area contributed by atoms with Gasteiger partial charge >= 0.3 is 0 Å². The van der Waals surface area contributed by atoms with Crippen LogP contribution in [-0.2, 0) is 20.1 Å². The lowest BCUT2D eigenvalue weighted by atomic mass is 10.1. The Kier molecular flexibility index (Phi) is 17.7. The molecule has 0 atom stereocenters. The summed E-state index contributed by atoms with van der Waals surface area (Å²) in [6, 6.07) is 13.9. The highest BCUT2D eigenvalue weighted by Gasteiger charge is 2.26. The molecule has 0 radical (unpaired) electrons. The van der Waals surface area contributed by atoms with Gasteiger partial charge < -0.3 is 4.90 Å². The number of nitrogens with zero attached hydrogens (tertiary/aromatic N) is 3. The summed E-state index contributed by atoms with van der Waals surface area (Å²) in [6.07, 6.45) is 17.5. The van der Waals surface area contributed by atoms with Crippen LogP contribution in [0, 0.1) is 6.92 Å². The molecule has 0 unspecified atom stereocenters. The van der Waals surface area contributed by atoms with E-state index in [0.29, 0.717) is 42.4 Å². The molecular formula is C37H57N3O5S3. The molecule has 2 aromatic rings. The van der Waals surface area contributed by atoms with E-state index in [-0.39, 0.29) is 5.75 Å². The van der Waals surface area contributed by atoms with E-state index in [1.54, 1.807) is 16.4 Å². The van der Waals surface area contributed by atoms with Gasteiger partial charge in [-0.2, -0.15) is 12.7 Å². The Morgan fingerprint density at radius 3 is 2.10 bits per heavy atom. The monoisotopic (exact) mass is 719 g/mol. The van der Waals surface area contributed by atoms with Crippen LogP contribution in [0.4, 0.5) is 5.69 Å². The molecule has 0 amide bonds. The van der Waals surface area contributed by atoms with Crippen LogP contribution in [0.15, 0.2) is 63.3 Å². The van der Waals surface area contributed by atoms with E-state index < -0.39 is 20.1 Å². The van der Waals surface area contributed by atoms with Gasteiger partial charge in [0.25, 0.3) is 10.1 Å². The summed E-state index contributed by atoms with van der Waals surface area (Å²) >= 11 is 1.41. The zero-order valence-corrected chi connectivity index (χ0v) is 31.7.